The SMILES string of the molecule is C=CCNS(=O)(=O)c1cc(C(=O)O)ccc1C. The van der Waals surface area contributed by atoms with Crippen LogP contribution in [0.25, 0.3) is 0 Å². The lowest BCUT2D eigenvalue weighted by atomic mass is 10.1. The second kappa shape index (κ2) is 5.11. The van der Waals surface area contributed by atoms with Gasteiger partial charge in [-0.25, -0.2) is 17.9 Å². The van der Waals surface area contributed by atoms with E-state index in [2.05, 4.69) is 11.3 Å². The number of rotatable bonds is 5. The standard InChI is InChI=1S/C11H13NO4S/c1-3-6-12-17(15,16)10-7-9(11(13)14)5-4-8(10)2/h3-5,7,12H,1,6H2,2H3,(H,13,14). The van der Waals surface area contributed by atoms with Gasteiger partial charge in [-0.3, -0.25) is 0 Å². The molecule has 0 saturated carbocycles. The molecule has 0 spiro atoms. The van der Waals surface area contributed by atoms with Gasteiger partial charge in [0.15, 0.2) is 0 Å². The van der Waals surface area contributed by atoms with Crippen molar-refractivity contribution in [1.29, 1.82) is 0 Å². The highest BCUT2D eigenvalue weighted by Gasteiger charge is 2.17. The van der Waals surface area contributed by atoms with Crippen LogP contribution < -0.4 is 4.72 Å². The minimum absolute atomic E-state index is 0.0285. The third-order valence-electron chi connectivity index (χ3n) is 2.14. The van der Waals surface area contributed by atoms with Gasteiger partial charge in [0, 0.05) is 6.54 Å². The van der Waals surface area contributed by atoms with Crippen LogP contribution in [0.4, 0.5) is 0 Å². The van der Waals surface area contributed by atoms with Gasteiger partial charge in [-0.1, -0.05) is 12.1 Å². The summed E-state index contributed by atoms with van der Waals surface area (Å²) in [6.45, 7) is 5.11. The molecule has 1 aromatic rings. The van der Waals surface area contributed by atoms with Gasteiger partial charge in [-0.15, -0.1) is 6.58 Å². The molecule has 0 aliphatic rings. The van der Waals surface area contributed by atoms with Gasteiger partial charge < -0.3 is 5.11 Å². The number of carboxylic acids is 1. The summed E-state index contributed by atoms with van der Waals surface area (Å²) < 4.78 is 26.0. The molecule has 5 nitrogen and oxygen atoms in total. The molecule has 17 heavy (non-hydrogen) atoms. The smallest absolute Gasteiger partial charge is 0.335 e. The van der Waals surface area contributed by atoms with E-state index in [9.17, 15) is 13.2 Å². The zero-order chi connectivity index (χ0) is 13.1. The third kappa shape index (κ3) is 3.15. The van der Waals surface area contributed by atoms with E-state index in [0.717, 1.165) is 6.07 Å². The minimum Gasteiger partial charge on any atom is -0.478 e. The summed E-state index contributed by atoms with van der Waals surface area (Å²) in [6.07, 6.45) is 1.41. The Labute approximate surface area is 99.8 Å². The summed E-state index contributed by atoms with van der Waals surface area (Å²) in [6, 6.07) is 3.97. The molecule has 0 aliphatic heterocycles. The second-order valence-electron chi connectivity index (χ2n) is 3.43. The van der Waals surface area contributed by atoms with E-state index in [1.54, 1.807) is 6.92 Å². The third-order valence-corrected chi connectivity index (χ3v) is 3.71. The summed E-state index contributed by atoms with van der Waals surface area (Å²) in [5, 5.41) is 8.81. The molecule has 0 amide bonds. The number of carboxylic acid groups (broad SMARTS) is 1. The normalized spacial score (nSPS) is 11.1. The number of aryl methyl sites for hydroxylation is 1. The number of carbonyl (C=O) groups is 1. The Morgan fingerprint density at radius 2 is 2.18 bits per heavy atom. The molecule has 0 bridgehead atoms. The topological polar surface area (TPSA) is 83.5 Å². The molecule has 1 rings (SSSR count). The summed E-state index contributed by atoms with van der Waals surface area (Å²) in [7, 11) is -3.69. The second-order valence-corrected chi connectivity index (χ2v) is 5.16. The van der Waals surface area contributed by atoms with Gasteiger partial charge >= 0.3 is 5.97 Å². The first-order valence-corrected chi connectivity index (χ1v) is 6.31. The maximum absolute atomic E-state index is 11.8. The minimum atomic E-state index is -3.69. The summed E-state index contributed by atoms with van der Waals surface area (Å²) in [5.74, 6) is -1.16. The monoisotopic (exact) mass is 255 g/mol. The van der Waals surface area contributed by atoms with Crippen LogP contribution in [-0.4, -0.2) is 26.0 Å². The van der Waals surface area contributed by atoms with E-state index in [-0.39, 0.29) is 17.0 Å². The molecule has 0 aromatic heterocycles. The molecule has 0 saturated heterocycles. The van der Waals surface area contributed by atoms with Crippen molar-refractivity contribution in [2.45, 2.75) is 11.8 Å². The molecule has 1 aromatic carbocycles. The molecular weight excluding hydrogens is 242 g/mol. The zero-order valence-electron chi connectivity index (χ0n) is 9.30. The fourth-order valence-corrected chi connectivity index (χ4v) is 2.54. The number of aromatic carboxylic acids is 1. The number of sulfonamides is 1. The molecule has 6 heteroatoms. The summed E-state index contributed by atoms with van der Waals surface area (Å²) in [4.78, 5) is 10.7. The maximum Gasteiger partial charge on any atom is 0.335 e. The van der Waals surface area contributed by atoms with Crippen molar-refractivity contribution in [3.63, 3.8) is 0 Å². The van der Waals surface area contributed by atoms with Gasteiger partial charge in [0.1, 0.15) is 0 Å². The van der Waals surface area contributed by atoms with Crippen molar-refractivity contribution in [3.05, 3.63) is 42.0 Å². The van der Waals surface area contributed by atoms with Crippen LogP contribution in [0.15, 0.2) is 35.7 Å². The molecule has 92 valence electrons. The fourth-order valence-electron chi connectivity index (χ4n) is 1.27. The quantitative estimate of drug-likeness (QED) is 0.773. The Balaban J connectivity index is 3.25. The molecule has 0 atom stereocenters. The van der Waals surface area contributed by atoms with Crippen molar-refractivity contribution in [1.82, 2.24) is 4.72 Å². The van der Waals surface area contributed by atoms with E-state index < -0.39 is 16.0 Å². The molecule has 0 fully saturated rings. The van der Waals surface area contributed by atoms with E-state index in [4.69, 9.17) is 5.11 Å². The lowest BCUT2D eigenvalue weighted by Gasteiger charge is -2.08. The van der Waals surface area contributed by atoms with Gasteiger partial charge in [-0.05, 0) is 24.6 Å². The van der Waals surface area contributed by atoms with Crippen LogP contribution in [0.1, 0.15) is 15.9 Å². The first-order chi connectivity index (χ1) is 7.88. The first kappa shape index (κ1) is 13.4. The molecule has 0 aliphatic carbocycles. The largest absolute Gasteiger partial charge is 0.478 e. The maximum atomic E-state index is 11.8. The van der Waals surface area contributed by atoms with Crippen LogP contribution in [0.5, 0.6) is 0 Å². The molecular formula is C11H13NO4S. The number of hydrogen-bond donors (Lipinski definition) is 2. The lowest BCUT2D eigenvalue weighted by Crippen LogP contribution is -2.24. The Hall–Kier alpha value is -1.66. The highest BCUT2D eigenvalue weighted by atomic mass is 32.2. The summed E-state index contributed by atoms with van der Waals surface area (Å²) >= 11 is 0. The molecule has 0 unspecified atom stereocenters. The van der Waals surface area contributed by atoms with Crippen LogP contribution >= 0.6 is 0 Å². The van der Waals surface area contributed by atoms with E-state index in [1.165, 1.54) is 18.2 Å². The Kier molecular flexibility index (Phi) is 4.03. The average Bonchev–Trinajstić information content (AvgIpc) is 2.26. The van der Waals surface area contributed by atoms with Crippen molar-refractivity contribution < 1.29 is 18.3 Å². The zero-order valence-corrected chi connectivity index (χ0v) is 10.1. The van der Waals surface area contributed by atoms with Crippen LogP contribution in [-0.2, 0) is 10.0 Å². The fraction of sp³-hybridized carbons (Fsp3) is 0.182. The van der Waals surface area contributed by atoms with Gasteiger partial charge in [0.2, 0.25) is 10.0 Å². The van der Waals surface area contributed by atoms with Gasteiger partial charge in [0.05, 0.1) is 10.5 Å². The Morgan fingerprint density at radius 3 is 2.71 bits per heavy atom. The van der Waals surface area contributed by atoms with Crippen LogP contribution in [0.2, 0.25) is 0 Å². The molecule has 0 radical (unpaired) electrons. The van der Waals surface area contributed by atoms with E-state index in [1.807, 2.05) is 0 Å². The lowest BCUT2D eigenvalue weighted by molar-refractivity contribution is 0.0696. The first-order valence-electron chi connectivity index (χ1n) is 4.83. The van der Waals surface area contributed by atoms with E-state index in [0.29, 0.717) is 5.56 Å². The van der Waals surface area contributed by atoms with E-state index >= 15 is 0 Å². The van der Waals surface area contributed by atoms with Gasteiger partial charge in [-0.2, -0.15) is 0 Å². The molecule has 2 N–H and O–H groups in total. The predicted octanol–water partition coefficient (Wildman–Crippen LogP) is 1.16. The van der Waals surface area contributed by atoms with Crippen LogP contribution in [0.3, 0.4) is 0 Å². The van der Waals surface area contributed by atoms with Crippen LogP contribution in [0, 0.1) is 6.92 Å². The Morgan fingerprint density at radius 1 is 1.53 bits per heavy atom. The molecule has 0 heterocycles. The van der Waals surface area contributed by atoms with Gasteiger partial charge in [0.25, 0.3) is 0 Å². The highest BCUT2D eigenvalue weighted by Crippen LogP contribution is 2.16. The summed E-state index contributed by atoms with van der Waals surface area (Å²) in [5.41, 5.74) is 0.432. The van der Waals surface area contributed by atoms with Crippen molar-refractivity contribution in [2.24, 2.45) is 0 Å². The van der Waals surface area contributed by atoms with Crippen molar-refractivity contribution in [3.8, 4) is 0 Å². The number of hydrogen-bond acceptors (Lipinski definition) is 3. The Bertz CT molecular complexity index is 549. The van der Waals surface area contributed by atoms with Crippen molar-refractivity contribution in [2.75, 3.05) is 6.54 Å². The number of nitrogens with one attached hydrogen (secondary N) is 1. The average molecular weight is 255 g/mol. The predicted molar refractivity (Wildman–Crippen MR) is 63.5 cm³/mol. The highest BCUT2D eigenvalue weighted by molar-refractivity contribution is 7.89. The number of benzene rings is 1. The van der Waals surface area contributed by atoms with Crippen molar-refractivity contribution >= 4 is 16.0 Å².